The Kier molecular flexibility index (Phi) is 5.36. The molecule has 0 saturated carbocycles. The van der Waals surface area contributed by atoms with E-state index in [0.29, 0.717) is 12.0 Å². The second-order valence-corrected chi connectivity index (χ2v) is 6.91. The van der Waals surface area contributed by atoms with Gasteiger partial charge in [0.25, 0.3) is 0 Å². The molecule has 1 aliphatic heterocycles. The Bertz CT molecular complexity index is 748. The second kappa shape index (κ2) is 7.68. The molecule has 2 N–H and O–H groups in total. The van der Waals surface area contributed by atoms with Crippen LogP contribution in [0.1, 0.15) is 42.0 Å². The van der Waals surface area contributed by atoms with Gasteiger partial charge in [0.05, 0.1) is 6.54 Å². The fraction of sp³-hybridized carbons (Fsp3) is 0.526. The van der Waals surface area contributed by atoms with Crippen molar-refractivity contribution in [3.05, 3.63) is 47.0 Å². The number of rotatable bonds is 4. The number of hydrogen-bond donors (Lipinski definition) is 2. The summed E-state index contributed by atoms with van der Waals surface area (Å²) in [5, 5.41) is 11.4. The molecule has 0 amide bonds. The highest BCUT2D eigenvalue weighted by Gasteiger charge is 2.21. The van der Waals surface area contributed by atoms with E-state index in [0.717, 1.165) is 43.5 Å². The number of aryl methyl sites for hydroxylation is 3. The minimum absolute atomic E-state index is 0.328. The predicted octanol–water partition coefficient (Wildman–Crippen LogP) is 2.18. The van der Waals surface area contributed by atoms with Gasteiger partial charge in [-0.15, -0.1) is 0 Å². The zero-order valence-corrected chi connectivity index (χ0v) is 15.6. The lowest BCUT2D eigenvalue weighted by Gasteiger charge is -2.26. The Balaban J connectivity index is 1.53. The number of guanidine groups is 1. The van der Waals surface area contributed by atoms with Crippen LogP contribution in [0.5, 0.6) is 0 Å². The molecule has 6 heteroatoms. The summed E-state index contributed by atoms with van der Waals surface area (Å²) in [4.78, 5) is 8.84. The number of nitrogens with one attached hydrogen (secondary N) is 2. The Morgan fingerprint density at radius 3 is 3.00 bits per heavy atom. The van der Waals surface area contributed by atoms with Gasteiger partial charge in [-0.3, -0.25) is 4.99 Å². The lowest BCUT2D eigenvalue weighted by atomic mass is 9.99. The summed E-state index contributed by atoms with van der Waals surface area (Å²) in [5.74, 6) is 3.22. The van der Waals surface area contributed by atoms with Crippen LogP contribution in [0.4, 0.5) is 0 Å². The van der Waals surface area contributed by atoms with E-state index in [1.807, 2.05) is 18.7 Å². The van der Waals surface area contributed by atoms with Crippen molar-refractivity contribution < 1.29 is 0 Å². The molecule has 2 aromatic rings. The fourth-order valence-corrected chi connectivity index (χ4v) is 3.28. The molecule has 134 valence electrons. The molecule has 1 aromatic carbocycles. The van der Waals surface area contributed by atoms with Crippen molar-refractivity contribution in [2.45, 2.75) is 52.1 Å². The Morgan fingerprint density at radius 2 is 2.24 bits per heavy atom. The van der Waals surface area contributed by atoms with Crippen LogP contribution in [-0.4, -0.2) is 40.4 Å². The van der Waals surface area contributed by atoms with Crippen molar-refractivity contribution in [3.8, 4) is 0 Å². The van der Waals surface area contributed by atoms with E-state index >= 15 is 0 Å². The van der Waals surface area contributed by atoms with Crippen molar-refractivity contribution in [3.63, 3.8) is 0 Å². The van der Waals surface area contributed by atoms with E-state index in [4.69, 9.17) is 0 Å². The highest BCUT2D eigenvalue weighted by atomic mass is 15.4. The summed E-state index contributed by atoms with van der Waals surface area (Å²) in [5.41, 5.74) is 2.65. The first-order valence-electron chi connectivity index (χ1n) is 8.99. The van der Waals surface area contributed by atoms with E-state index in [-0.39, 0.29) is 0 Å². The first kappa shape index (κ1) is 17.5. The molecule has 1 aromatic heterocycles. The average Bonchev–Trinajstić information content (AvgIpc) is 2.97. The maximum Gasteiger partial charge on any atom is 0.191 e. The Labute approximate surface area is 149 Å². The van der Waals surface area contributed by atoms with Crippen LogP contribution in [0.15, 0.2) is 29.3 Å². The van der Waals surface area contributed by atoms with Crippen LogP contribution < -0.4 is 10.6 Å². The van der Waals surface area contributed by atoms with Crippen LogP contribution in [0, 0.1) is 13.8 Å². The molecule has 0 fully saturated rings. The standard InChI is InChI=1S/C19H28N6/c1-13-6-5-7-16(10-13)14(2)11-21-19(20-4)23-17-8-9-18-22-15(3)24-25(18)12-17/h5-7,10,14,17H,8-9,11-12H2,1-4H3,(H2,20,21,23). The summed E-state index contributed by atoms with van der Waals surface area (Å²) in [6, 6.07) is 9.01. The van der Waals surface area contributed by atoms with Gasteiger partial charge in [-0.1, -0.05) is 36.8 Å². The number of benzene rings is 1. The molecule has 2 atom stereocenters. The van der Waals surface area contributed by atoms with Crippen molar-refractivity contribution >= 4 is 5.96 Å². The largest absolute Gasteiger partial charge is 0.356 e. The summed E-state index contributed by atoms with van der Waals surface area (Å²) >= 11 is 0. The monoisotopic (exact) mass is 340 g/mol. The van der Waals surface area contributed by atoms with Gasteiger partial charge >= 0.3 is 0 Å². The quantitative estimate of drug-likeness (QED) is 0.661. The Hall–Kier alpha value is -2.37. The first-order chi connectivity index (χ1) is 12.0. The SMILES string of the molecule is CN=C(NCC(C)c1cccc(C)c1)NC1CCc2nc(C)nn2C1. The zero-order chi connectivity index (χ0) is 17.8. The molecule has 3 rings (SSSR count). The van der Waals surface area contributed by atoms with Gasteiger partial charge in [-0.05, 0) is 31.7 Å². The molecule has 1 aliphatic rings. The molecule has 2 unspecified atom stereocenters. The topological polar surface area (TPSA) is 67.1 Å². The van der Waals surface area contributed by atoms with Gasteiger partial charge in [0.1, 0.15) is 11.6 Å². The lowest BCUT2D eigenvalue weighted by Crippen LogP contribution is -2.47. The molecule has 2 heterocycles. The molecule has 25 heavy (non-hydrogen) atoms. The molecule has 6 nitrogen and oxygen atoms in total. The third kappa shape index (κ3) is 4.38. The number of hydrogen-bond acceptors (Lipinski definition) is 3. The summed E-state index contributed by atoms with van der Waals surface area (Å²) < 4.78 is 2.01. The molecule has 0 spiro atoms. The van der Waals surface area contributed by atoms with E-state index in [1.165, 1.54) is 11.1 Å². The third-order valence-corrected chi connectivity index (χ3v) is 4.72. The van der Waals surface area contributed by atoms with Crippen LogP contribution >= 0.6 is 0 Å². The van der Waals surface area contributed by atoms with Crippen molar-refractivity contribution in [1.82, 2.24) is 25.4 Å². The maximum absolute atomic E-state index is 4.46. The molecule has 0 aliphatic carbocycles. The summed E-state index contributed by atoms with van der Waals surface area (Å²) in [6.07, 6.45) is 2.00. The lowest BCUT2D eigenvalue weighted by molar-refractivity contribution is 0.392. The van der Waals surface area contributed by atoms with E-state index in [1.54, 1.807) is 0 Å². The summed E-state index contributed by atoms with van der Waals surface area (Å²) in [7, 11) is 1.82. The van der Waals surface area contributed by atoms with Gasteiger partial charge in [0.15, 0.2) is 5.96 Å². The predicted molar refractivity (Wildman–Crippen MR) is 101 cm³/mol. The fourth-order valence-electron chi connectivity index (χ4n) is 3.28. The van der Waals surface area contributed by atoms with Crippen LogP contribution in [0.2, 0.25) is 0 Å². The van der Waals surface area contributed by atoms with Crippen molar-refractivity contribution in [2.24, 2.45) is 4.99 Å². The maximum atomic E-state index is 4.46. The third-order valence-electron chi connectivity index (χ3n) is 4.72. The molecule has 0 saturated heterocycles. The minimum Gasteiger partial charge on any atom is -0.356 e. The van der Waals surface area contributed by atoms with Crippen molar-refractivity contribution in [2.75, 3.05) is 13.6 Å². The highest BCUT2D eigenvalue weighted by molar-refractivity contribution is 5.80. The van der Waals surface area contributed by atoms with Crippen LogP contribution in [0.3, 0.4) is 0 Å². The van der Waals surface area contributed by atoms with E-state index in [2.05, 4.69) is 63.8 Å². The van der Waals surface area contributed by atoms with Crippen LogP contribution in [0.25, 0.3) is 0 Å². The summed E-state index contributed by atoms with van der Waals surface area (Å²) in [6.45, 7) is 8.00. The molecular formula is C19H28N6. The second-order valence-electron chi connectivity index (χ2n) is 6.91. The van der Waals surface area contributed by atoms with E-state index in [9.17, 15) is 0 Å². The molecule has 0 bridgehead atoms. The molecular weight excluding hydrogens is 312 g/mol. The number of nitrogens with zero attached hydrogens (tertiary/aromatic N) is 4. The van der Waals surface area contributed by atoms with Gasteiger partial charge in [-0.25, -0.2) is 9.67 Å². The van der Waals surface area contributed by atoms with Gasteiger partial charge in [0.2, 0.25) is 0 Å². The van der Waals surface area contributed by atoms with Gasteiger partial charge in [0, 0.05) is 26.1 Å². The normalized spacial score (nSPS) is 18.6. The van der Waals surface area contributed by atoms with Gasteiger partial charge in [-0.2, -0.15) is 5.10 Å². The first-order valence-corrected chi connectivity index (χ1v) is 8.99. The number of aromatic nitrogens is 3. The zero-order valence-electron chi connectivity index (χ0n) is 15.6. The minimum atomic E-state index is 0.328. The molecule has 0 radical (unpaired) electrons. The number of fused-ring (bicyclic) bond motifs is 1. The van der Waals surface area contributed by atoms with Gasteiger partial charge < -0.3 is 10.6 Å². The van der Waals surface area contributed by atoms with Crippen LogP contribution in [-0.2, 0) is 13.0 Å². The Morgan fingerprint density at radius 1 is 1.40 bits per heavy atom. The van der Waals surface area contributed by atoms with E-state index < -0.39 is 0 Å². The smallest absolute Gasteiger partial charge is 0.191 e. The average molecular weight is 340 g/mol. The number of aliphatic imine (C=N–C) groups is 1. The highest BCUT2D eigenvalue weighted by Crippen LogP contribution is 2.16. The van der Waals surface area contributed by atoms with Crippen molar-refractivity contribution in [1.29, 1.82) is 0 Å².